The lowest BCUT2D eigenvalue weighted by Gasteiger charge is -2.23. The fourth-order valence-corrected chi connectivity index (χ4v) is 4.20. The highest BCUT2D eigenvalue weighted by Crippen LogP contribution is 2.15. The molecule has 0 saturated carbocycles. The van der Waals surface area contributed by atoms with Gasteiger partial charge in [0.15, 0.2) is 5.96 Å². The molecule has 3 amide bonds. The van der Waals surface area contributed by atoms with E-state index in [4.69, 9.17) is 11.5 Å². The van der Waals surface area contributed by atoms with E-state index >= 15 is 0 Å². The number of carbonyl (C=O) groups excluding carboxylic acids is 3. The van der Waals surface area contributed by atoms with Crippen LogP contribution in [0.3, 0.4) is 0 Å². The molecule has 0 unspecified atom stereocenters. The van der Waals surface area contributed by atoms with Crippen molar-refractivity contribution in [3.8, 4) is 0 Å². The summed E-state index contributed by atoms with van der Waals surface area (Å²) in [5.74, 6) is -1.09. The van der Waals surface area contributed by atoms with Crippen LogP contribution in [0.4, 0.5) is 0 Å². The van der Waals surface area contributed by atoms with Crippen molar-refractivity contribution in [2.45, 2.75) is 44.7 Å². The lowest BCUT2D eigenvalue weighted by molar-refractivity contribution is -0.131. The van der Waals surface area contributed by atoms with Gasteiger partial charge in [-0.3, -0.25) is 19.4 Å². The number of nitrogens with two attached hydrogens (primary N) is 2. The number of amides is 3. The minimum absolute atomic E-state index is 0. The Morgan fingerprint density at radius 3 is 2.21 bits per heavy atom. The van der Waals surface area contributed by atoms with E-state index in [-0.39, 0.29) is 30.2 Å². The van der Waals surface area contributed by atoms with Crippen LogP contribution in [0, 0.1) is 0 Å². The fraction of sp³-hybridized carbons (Fsp3) is 0.310. The molecule has 0 spiro atoms. The summed E-state index contributed by atoms with van der Waals surface area (Å²) in [6.45, 7) is 2.10. The van der Waals surface area contributed by atoms with E-state index in [0.29, 0.717) is 38.8 Å². The number of hydrogen-bond acceptors (Lipinski definition) is 4. The number of aliphatic imine (C=N–C) groups is 1. The van der Waals surface area contributed by atoms with E-state index in [1.807, 2.05) is 48.5 Å². The Morgan fingerprint density at radius 2 is 1.51 bits per heavy atom. The Kier molecular flexibility index (Phi) is 12.8. The third-order valence-corrected chi connectivity index (χ3v) is 6.08. The van der Waals surface area contributed by atoms with Crippen LogP contribution >= 0.6 is 12.4 Å². The van der Waals surface area contributed by atoms with Crippen LogP contribution in [0.2, 0.25) is 0 Å². The summed E-state index contributed by atoms with van der Waals surface area (Å²) in [6, 6.07) is 22.1. The average Bonchev–Trinajstić information content (AvgIpc) is 2.90. The third kappa shape index (κ3) is 10.6. The first-order valence-electron chi connectivity index (χ1n) is 12.7. The SMILES string of the molecule is CC(=O)N[C@H](Cc1ccccc1)C(=O)N[C@@H](CCCN=C(N)N)C(=O)NCCc1ccc2ccccc2c1.Cl. The number of benzene rings is 3. The molecule has 0 aromatic heterocycles. The lowest BCUT2D eigenvalue weighted by atomic mass is 10.0. The van der Waals surface area contributed by atoms with Gasteiger partial charge in [-0.1, -0.05) is 72.8 Å². The number of nitrogens with one attached hydrogen (secondary N) is 3. The molecule has 7 N–H and O–H groups in total. The van der Waals surface area contributed by atoms with Crippen molar-refractivity contribution in [3.63, 3.8) is 0 Å². The van der Waals surface area contributed by atoms with Gasteiger partial charge in [0, 0.05) is 26.4 Å². The number of guanidine groups is 1. The minimum atomic E-state index is -0.819. The Hall–Kier alpha value is -4.11. The Balaban J connectivity index is 0.00000533. The summed E-state index contributed by atoms with van der Waals surface area (Å²) in [4.78, 5) is 42.1. The zero-order valence-corrected chi connectivity index (χ0v) is 22.9. The number of carbonyl (C=O) groups is 3. The molecule has 0 aliphatic rings. The molecule has 9 nitrogen and oxygen atoms in total. The second-order valence-electron chi connectivity index (χ2n) is 9.18. The van der Waals surface area contributed by atoms with Gasteiger partial charge in [0.1, 0.15) is 12.1 Å². The first-order chi connectivity index (χ1) is 18.3. The number of fused-ring (bicyclic) bond motifs is 1. The molecule has 0 bridgehead atoms. The Bertz CT molecular complexity index is 1260. The third-order valence-electron chi connectivity index (χ3n) is 6.08. The van der Waals surface area contributed by atoms with Crippen molar-refractivity contribution in [1.82, 2.24) is 16.0 Å². The van der Waals surface area contributed by atoms with Crippen LogP contribution in [-0.2, 0) is 27.2 Å². The van der Waals surface area contributed by atoms with Crippen molar-refractivity contribution in [2.75, 3.05) is 13.1 Å². The first-order valence-corrected chi connectivity index (χ1v) is 12.7. The highest BCUT2D eigenvalue weighted by molar-refractivity contribution is 5.92. The maximum Gasteiger partial charge on any atom is 0.243 e. The Labute approximate surface area is 235 Å². The highest BCUT2D eigenvalue weighted by atomic mass is 35.5. The van der Waals surface area contributed by atoms with E-state index in [0.717, 1.165) is 21.9 Å². The molecule has 2 atom stereocenters. The Morgan fingerprint density at radius 1 is 0.821 bits per heavy atom. The molecule has 3 aromatic carbocycles. The standard InChI is InChI=1S/C29H36N6O3.ClH/c1-20(36)34-26(19-21-8-3-2-4-9-21)28(38)35-25(12-7-16-33-29(30)31)27(37)32-17-15-22-13-14-23-10-5-6-11-24(23)18-22;/h2-6,8-11,13-14,18,25-26H,7,12,15-17,19H2,1H3,(H,32,37)(H,34,36)(H,35,38)(H4,30,31,33);1H/t25-,26+;/m0./s1. The summed E-state index contributed by atoms with van der Waals surface area (Å²) in [6.07, 6.45) is 1.78. The molecule has 3 aromatic rings. The summed E-state index contributed by atoms with van der Waals surface area (Å²) < 4.78 is 0. The van der Waals surface area contributed by atoms with Gasteiger partial charge in [0.25, 0.3) is 0 Å². The van der Waals surface area contributed by atoms with Crippen molar-refractivity contribution < 1.29 is 14.4 Å². The maximum absolute atomic E-state index is 13.2. The topological polar surface area (TPSA) is 152 Å². The van der Waals surface area contributed by atoms with Crippen LogP contribution in [0.25, 0.3) is 10.8 Å². The summed E-state index contributed by atoms with van der Waals surface area (Å²) in [5.41, 5.74) is 12.8. The summed E-state index contributed by atoms with van der Waals surface area (Å²) in [5, 5.41) is 10.8. The molecular weight excluding hydrogens is 516 g/mol. The normalized spacial score (nSPS) is 11.9. The lowest BCUT2D eigenvalue weighted by Crippen LogP contribution is -2.54. The van der Waals surface area contributed by atoms with Crippen molar-refractivity contribution in [2.24, 2.45) is 16.5 Å². The van der Waals surface area contributed by atoms with Crippen LogP contribution in [0.15, 0.2) is 77.8 Å². The van der Waals surface area contributed by atoms with E-state index in [1.165, 1.54) is 6.92 Å². The highest BCUT2D eigenvalue weighted by Gasteiger charge is 2.26. The van der Waals surface area contributed by atoms with Gasteiger partial charge in [-0.15, -0.1) is 12.4 Å². The van der Waals surface area contributed by atoms with Crippen LogP contribution in [0.5, 0.6) is 0 Å². The monoisotopic (exact) mass is 552 g/mol. The van der Waals surface area contributed by atoms with Gasteiger partial charge >= 0.3 is 0 Å². The van der Waals surface area contributed by atoms with Crippen LogP contribution < -0.4 is 27.4 Å². The van der Waals surface area contributed by atoms with Crippen molar-refractivity contribution >= 4 is 46.9 Å². The van der Waals surface area contributed by atoms with Gasteiger partial charge in [-0.2, -0.15) is 0 Å². The van der Waals surface area contributed by atoms with Gasteiger partial charge in [0.05, 0.1) is 0 Å². The van der Waals surface area contributed by atoms with Crippen molar-refractivity contribution in [1.29, 1.82) is 0 Å². The second-order valence-corrected chi connectivity index (χ2v) is 9.18. The zero-order chi connectivity index (χ0) is 27.3. The fourth-order valence-electron chi connectivity index (χ4n) is 4.20. The predicted octanol–water partition coefficient (Wildman–Crippen LogP) is 2.21. The maximum atomic E-state index is 13.2. The van der Waals surface area contributed by atoms with E-state index in [2.05, 4.69) is 45.2 Å². The van der Waals surface area contributed by atoms with Crippen LogP contribution in [0.1, 0.15) is 30.9 Å². The zero-order valence-electron chi connectivity index (χ0n) is 22.1. The molecule has 0 saturated heterocycles. The molecule has 3 rings (SSSR count). The van der Waals surface area contributed by atoms with E-state index in [1.54, 1.807) is 0 Å². The smallest absolute Gasteiger partial charge is 0.243 e. The molecular formula is C29H37ClN6O3. The summed E-state index contributed by atoms with van der Waals surface area (Å²) >= 11 is 0. The molecule has 208 valence electrons. The molecule has 0 aliphatic carbocycles. The van der Waals surface area contributed by atoms with Gasteiger partial charge in [-0.05, 0) is 41.2 Å². The van der Waals surface area contributed by atoms with E-state index in [9.17, 15) is 14.4 Å². The largest absolute Gasteiger partial charge is 0.370 e. The van der Waals surface area contributed by atoms with Gasteiger partial charge in [-0.25, -0.2) is 0 Å². The molecule has 0 heterocycles. The number of nitrogens with zero attached hydrogens (tertiary/aromatic N) is 1. The molecule has 39 heavy (non-hydrogen) atoms. The number of rotatable bonds is 13. The first kappa shape index (κ1) is 31.1. The molecule has 0 fully saturated rings. The predicted molar refractivity (Wildman–Crippen MR) is 158 cm³/mol. The number of hydrogen-bond donors (Lipinski definition) is 5. The molecule has 0 radical (unpaired) electrons. The quantitative estimate of drug-likeness (QED) is 0.125. The summed E-state index contributed by atoms with van der Waals surface area (Å²) in [7, 11) is 0. The van der Waals surface area contributed by atoms with E-state index < -0.39 is 18.0 Å². The minimum Gasteiger partial charge on any atom is -0.370 e. The van der Waals surface area contributed by atoms with Gasteiger partial charge < -0.3 is 27.4 Å². The average molecular weight is 553 g/mol. The molecule has 0 aliphatic heterocycles. The van der Waals surface area contributed by atoms with Crippen molar-refractivity contribution in [3.05, 3.63) is 83.9 Å². The second kappa shape index (κ2) is 16.0. The van der Waals surface area contributed by atoms with Gasteiger partial charge in [0.2, 0.25) is 17.7 Å². The molecule has 10 heteroatoms. The van der Waals surface area contributed by atoms with Crippen LogP contribution in [-0.4, -0.2) is 48.9 Å². The number of halogens is 1.